The molecule has 1 fully saturated rings. The lowest BCUT2D eigenvalue weighted by Crippen LogP contribution is -2.59. The largest absolute Gasteiger partial charge is 0.481 e. The van der Waals surface area contributed by atoms with Crippen LogP contribution in [-0.4, -0.2) is 54.2 Å². The minimum absolute atomic E-state index is 0.0991. The van der Waals surface area contributed by atoms with Gasteiger partial charge in [-0.2, -0.15) is 0 Å². The first-order valence-corrected chi connectivity index (χ1v) is 5.72. The SMILES string of the molecule is COC(=O)C(NC(=O)N1CC(C(=O)O)C1)C(C)C. The Kier molecular flexibility index (Phi) is 4.52. The van der Waals surface area contributed by atoms with Gasteiger partial charge in [0.15, 0.2) is 0 Å². The van der Waals surface area contributed by atoms with E-state index in [9.17, 15) is 14.4 Å². The molecule has 0 spiro atoms. The molecule has 0 aromatic carbocycles. The zero-order chi connectivity index (χ0) is 13.9. The van der Waals surface area contributed by atoms with Gasteiger partial charge in [0, 0.05) is 13.1 Å². The van der Waals surface area contributed by atoms with Gasteiger partial charge < -0.3 is 20.1 Å². The maximum absolute atomic E-state index is 11.7. The van der Waals surface area contributed by atoms with Gasteiger partial charge in [0.1, 0.15) is 6.04 Å². The van der Waals surface area contributed by atoms with Gasteiger partial charge >= 0.3 is 18.0 Å². The molecule has 7 heteroatoms. The van der Waals surface area contributed by atoms with Crippen LogP contribution in [0.15, 0.2) is 0 Å². The fraction of sp³-hybridized carbons (Fsp3) is 0.727. The molecule has 0 aromatic rings. The van der Waals surface area contributed by atoms with Crippen molar-refractivity contribution in [1.82, 2.24) is 10.2 Å². The number of hydrogen-bond donors (Lipinski definition) is 2. The fourth-order valence-electron chi connectivity index (χ4n) is 1.65. The van der Waals surface area contributed by atoms with Gasteiger partial charge in [-0.05, 0) is 5.92 Å². The number of hydrogen-bond acceptors (Lipinski definition) is 4. The fourth-order valence-corrected chi connectivity index (χ4v) is 1.65. The predicted molar refractivity (Wildman–Crippen MR) is 61.9 cm³/mol. The monoisotopic (exact) mass is 258 g/mol. The highest BCUT2D eigenvalue weighted by atomic mass is 16.5. The number of ether oxygens (including phenoxy) is 1. The van der Waals surface area contributed by atoms with E-state index >= 15 is 0 Å². The molecule has 0 aromatic heterocycles. The van der Waals surface area contributed by atoms with E-state index in [2.05, 4.69) is 10.1 Å². The molecule has 1 atom stereocenters. The number of carboxylic acid groups (broad SMARTS) is 1. The Morgan fingerprint density at radius 3 is 2.28 bits per heavy atom. The van der Waals surface area contributed by atoms with Crippen molar-refractivity contribution < 1.29 is 24.2 Å². The van der Waals surface area contributed by atoms with Crippen LogP contribution in [0.2, 0.25) is 0 Å². The minimum atomic E-state index is -0.910. The first-order valence-electron chi connectivity index (χ1n) is 5.72. The van der Waals surface area contributed by atoms with E-state index in [4.69, 9.17) is 5.11 Å². The number of carbonyl (C=O) groups is 3. The van der Waals surface area contributed by atoms with Gasteiger partial charge in [-0.25, -0.2) is 9.59 Å². The summed E-state index contributed by atoms with van der Waals surface area (Å²) in [5, 5.41) is 11.2. The van der Waals surface area contributed by atoms with Gasteiger partial charge in [0.25, 0.3) is 0 Å². The molecule has 0 saturated carbocycles. The van der Waals surface area contributed by atoms with Crippen molar-refractivity contribution in [3.63, 3.8) is 0 Å². The number of esters is 1. The lowest BCUT2D eigenvalue weighted by molar-refractivity contribution is -0.147. The van der Waals surface area contributed by atoms with E-state index in [1.54, 1.807) is 13.8 Å². The number of rotatable bonds is 4. The molecule has 1 unspecified atom stereocenters. The molecule has 7 nitrogen and oxygen atoms in total. The number of carboxylic acids is 1. The second-order valence-corrected chi connectivity index (χ2v) is 4.63. The molecule has 18 heavy (non-hydrogen) atoms. The van der Waals surface area contributed by atoms with Crippen LogP contribution in [0.3, 0.4) is 0 Å². The second-order valence-electron chi connectivity index (χ2n) is 4.63. The molecule has 102 valence electrons. The van der Waals surface area contributed by atoms with E-state index in [0.29, 0.717) is 0 Å². The van der Waals surface area contributed by atoms with Gasteiger partial charge in [0.05, 0.1) is 13.0 Å². The van der Waals surface area contributed by atoms with Gasteiger partial charge in [0.2, 0.25) is 0 Å². The number of nitrogens with one attached hydrogen (secondary N) is 1. The molecule has 1 aliphatic heterocycles. The zero-order valence-corrected chi connectivity index (χ0v) is 10.7. The average Bonchev–Trinajstić information content (AvgIpc) is 2.21. The quantitative estimate of drug-likeness (QED) is 0.687. The number of likely N-dealkylation sites (tertiary alicyclic amines) is 1. The van der Waals surface area contributed by atoms with Crippen molar-refractivity contribution in [2.45, 2.75) is 19.9 Å². The summed E-state index contributed by atoms with van der Waals surface area (Å²) in [5.74, 6) is -2.02. The number of methoxy groups -OCH3 is 1. The van der Waals surface area contributed by atoms with E-state index in [1.807, 2.05) is 0 Å². The minimum Gasteiger partial charge on any atom is -0.481 e. The Morgan fingerprint density at radius 1 is 1.33 bits per heavy atom. The van der Waals surface area contributed by atoms with E-state index < -0.39 is 29.9 Å². The van der Waals surface area contributed by atoms with Crippen LogP contribution >= 0.6 is 0 Å². The lowest BCUT2D eigenvalue weighted by atomic mass is 10.0. The number of carbonyl (C=O) groups excluding carboxylic acids is 2. The van der Waals surface area contributed by atoms with Crippen molar-refractivity contribution in [3.05, 3.63) is 0 Å². The Balaban J connectivity index is 2.49. The Morgan fingerprint density at radius 2 is 1.89 bits per heavy atom. The molecular formula is C11H18N2O5. The highest BCUT2D eigenvalue weighted by Crippen LogP contribution is 2.16. The van der Waals surface area contributed by atoms with E-state index in [-0.39, 0.29) is 19.0 Å². The average molecular weight is 258 g/mol. The lowest BCUT2D eigenvalue weighted by Gasteiger charge is -2.37. The van der Waals surface area contributed by atoms with Gasteiger partial charge in [-0.3, -0.25) is 4.79 Å². The Hall–Kier alpha value is -1.79. The van der Waals surface area contributed by atoms with Crippen LogP contribution in [-0.2, 0) is 14.3 Å². The maximum Gasteiger partial charge on any atom is 0.328 e. The van der Waals surface area contributed by atoms with E-state index in [0.717, 1.165) is 0 Å². The molecule has 1 rings (SSSR count). The van der Waals surface area contributed by atoms with E-state index in [1.165, 1.54) is 12.0 Å². The molecule has 0 aliphatic carbocycles. The van der Waals surface area contributed by atoms with Crippen LogP contribution in [0.5, 0.6) is 0 Å². The number of nitrogens with zero attached hydrogens (tertiary/aromatic N) is 1. The van der Waals surface area contributed by atoms with Crippen molar-refractivity contribution in [1.29, 1.82) is 0 Å². The smallest absolute Gasteiger partial charge is 0.328 e. The molecule has 1 saturated heterocycles. The van der Waals surface area contributed by atoms with Gasteiger partial charge in [-0.15, -0.1) is 0 Å². The third kappa shape index (κ3) is 3.12. The molecule has 0 radical (unpaired) electrons. The molecule has 1 heterocycles. The highest BCUT2D eigenvalue weighted by Gasteiger charge is 2.37. The summed E-state index contributed by atoms with van der Waals surface area (Å²) in [6.45, 7) is 3.93. The van der Waals surface area contributed by atoms with Crippen molar-refractivity contribution in [2.24, 2.45) is 11.8 Å². The molecule has 2 N–H and O–H groups in total. The number of amides is 2. The van der Waals surface area contributed by atoms with Crippen LogP contribution in [0.25, 0.3) is 0 Å². The highest BCUT2D eigenvalue weighted by molar-refractivity contribution is 5.85. The normalized spacial score (nSPS) is 17.0. The third-order valence-electron chi connectivity index (χ3n) is 2.92. The van der Waals surface area contributed by atoms with Crippen molar-refractivity contribution in [2.75, 3.05) is 20.2 Å². The topological polar surface area (TPSA) is 95.9 Å². The van der Waals surface area contributed by atoms with Crippen LogP contribution in [0, 0.1) is 11.8 Å². The first-order chi connectivity index (χ1) is 8.36. The summed E-state index contributed by atoms with van der Waals surface area (Å²) in [7, 11) is 1.26. The summed E-state index contributed by atoms with van der Waals surface area (Å²) in [6.07, 6.45) is 0. The molecule has 2 amide bonds. The first kappa shape index (κ1) is 14.3. The van der Waals surface area contributed by atoms with Gasteiger partial charge in [-0.1, -0.05) is 13.8 Å². The summed E-state index contributed by atoms with van der Waals surface area (Å²) < 4.78 is 4.60. The van der Waals surface area contributed by atoms with Crippen molar-refractivity contribution >= 4 is 18.0 Å². The standard InChI is InChI=1S/C11H18N2O5/c1-6(2)8(10(16)18-3)12-11(17)13-4-7(5-13)9(14)15/h6-8H,4-5H2,1-3H3,(H,12,17)(H,14,15). The predicted octanol–water partition coefficient (Wildman–Crippen LogP) is -0.0900. The molecule has 0 bridgehead atoms. The Labute approximate surface area is 105 Å². The van der Waals surface area contributed by atoms with Crippen molar-refractivity contribution in [3.8, 4) is 0 Å². The zero-order valence-electron chi connectivity index (χ0n) is 10.7. The Bertz CT molecular complexity index is 349. The summed E-state index contributed by atoms with van der Waals surface area (Å²) in [5.41, 5.74) is 0. The summed E-state index contributed by atoms with van der Waals surface area (Å²) in [4.78, 5) is 35.1. The molecule has 1 aliphatic rings. The summed E-state index contributed by atoms with van der Waals surface area (Å²) in [6, 6.07) is -1.15. The summed E-state index contributed by atoms with van der Waals surface area (Å²) >= 11 is 0. The van der Waals surface area contributed by atoms with Crippen LogP contribution < -0.4 is 5.32 Å². The molecular weight excluding hydrogens is 240 g/mol. The second kappa shape index (κ2) is 5.70. The van der Waals surface area contributed by atoms with Crippen LogP contribution in [0.1, 0.15) is 13.8 Å². The maximum atomic E-state index is 11.7. The number of urea groups is 1. The third-order valence-corrected chi connectivity index (χ3v) is 2.92. The number of aliphatic carboxylic acids is 1. The van der Waals surface area contributed by atoms with Crippen LogP contribution in [0.4, 0.5) is 4.79 Å².